The van der Waals surface area contributed by atoms with E-state index >= 15 is 0 Å². The average molecular weight is 408 g/mol. The van der Waals surface area contributed by atoms with Crippen LogP contribution in [0.25, 0.3) is 0 Å². The number of imide groups is 1. The van der Waals surface area contributed by atoms with Crippen molar-refractivity contribution in [2.24, 2.45) is 0 Å². The number of carbonyl (C=O) groups excluding carboxylic acids is 2. The summed E-state index contributed by atoms with van der Waals surface area (Å²) in [6, 6.07) is 17.5. The fourth-order valence-corrected chi connectivity index (χ4v) is 4.23. The summed E-state index contributed by atoms with van der Waals surface area (Å²) < 4.78 is 1.73. The minimum atomic E-state index is -0.271. The molecule has 1 fully saturated rings. The quantitative estimate of drug-likeness (QED) is 0.669. The Hall–Kier alpha value is -3.19. The van der Waals surface area contributed by atoms with Crippen molar-refractivity contribution in [1.82, 2.24) is 14.8 Å². The second-order valence-electron chi connectivity index (χ2n) is 7.18. The van der Waals surface area contributed by atoms with Crippen LogP contribution in [0.5, 0.6) is 0 Å². The molecule has 7 nitrogen and oxygen atoms in total. The first-order valence-electron chi connectivity index (χ1n) is 9.50. The normalized spacial score (nSPS) is 21.2. The lowest BCUT2D eigenvalue weighted by molar-refractivity contribution is -0.121. The molecule has 2 atom stereocenters. The molecular weight excluding hydrogens is 390 g/mol. The van der Waals surface area contributed by atoms with Crippen LogP contribution in [-0.2, 0) is 9.59 Å². The number of nitrogens with one attached hydrogen (secondary N) is 1. The van der Waals surface area contributed by atoms with Crippen LogP contribution >= 0.6 is 11.6 Å². The Morgan fingerprint density at radius 2 is 1.66 bits per heavy atom. The first-order valence-corrected chi connectivity index (χ1v) is 9.88. The number of hydrogen-bond donors (Lipinski definition) is 1. The molecule has 3 heterocycles. The van der Waals surface area contributed by atoms with Crippen molar-refractivity contribution in [3.63, 3.8) is 0 Å². The van der Waals surface area contributed by atoms with E-state index in [0.717, 1.165) is 16.0 Å². The van der Waals surface area contributed by atoms with E-state index in [9.17, 15) is 9.59 Å². The van der Waals surface area contributed by atoms with E-state index in [-0.39, 0.29) is 42.7 Å². The number of nitrogens with zero attached hydrogens (tertiary/aromatic N) is 4. The van der Waals surface area contributed by atoms with Crippen LogP contribution in [0.15, 0.2) is 54.6 Å². The van der Waals surface area contributed by atoms with Gasteiger partial charge in [0.2, 0.25) is 17.8 Å². The molecule has 2 aliphatic heterocycles. The van der Waals surface area contributed by atoms with Crippen molar-refractivity contribution in [1.29, 1.82) is 0 Å². The lowest BCUT2D eigenvalue weighted by Crippen LogP contribution is -2.30. The van der Waals surface area contributed by atoms with E-state index in [4.69, 9.17) is 11.6 Å². The monoisotopic (exact) mass is 407 g/mol. The summed E-state index contributed by atoms with van der Waals surface area (Å²) in [5, 5.41) is 8.57. The number of fused-ring (bicyclic) bond motifs is 1. The first kappa shape index (κ1) is 17.9. The van der Waals surface area contributed by atoms with Gasteiger partial charge in [0.1, 0.15) is 0 Å². The fourth-order valence-electron chi connectivity index (χ4n) is 3.97. The van der Waals surface area contributed by atoms with E-state index < -0.39 is 0 Å². The highest BCUT2D eigenvalue weighted by molar-refractivity contribution is 6.31. The molecule has 1 aromatic heterocycles. The molecule has 0 saturated carbocycles. The zero-order valence-corrected chi connectivity index (χ0v) is 16.2. The number of rotatable bonds is 3. The molecule has 5 rings (SSSR count). The summed E-state index contributed by atoms with van der Waals surface area (Å²) in [5.74, 6) is 0.0852. The third-order valence-electron chi connectivity index (χ3n) is 5.40. The highest BCUT2D eigenvalue weighted by atomic mass is 35.5. The molecule has 2 amide bonds. The van der Waals surface area contributed by atoms with E-state index in [1.54, 1.807) is 4.68 Å². The molecule has 146 valence electrons. The second-order valence-corrected chi connectivity index (χ2v) is 7.59. The molecule has 1 N–H and O–H groups in total. The lowest BCUT2D eigenvalue weighted by Gasteiger charge is -2.32. The van der Waals surface area contributed by atoms with Crippen molar-refractivity contribution in [3.8, 4) is 0 Å². The highest BCUT2D eigenvalue weighted by Crippen LogP contribution is 2.40. The Balaban J connectivity index is 1.61. The second kappa shape index (κ2) is 7.00. The Labute approximate surface area is 172 Å². The van der Waals surface area contributed by atoms with Crippen LogP contribution in [0.4, 0.5) is 11.9 Å². The minimum Gasteiger partial charge on any atom is -0.347 e. The fraction of sp³-hybridized carbons (Fsp3) is 0.238. The van der Waals surface area contributed by atoms with Crippen LogP contribution < -0.4 is 10.2 Å². The van der Waals surface area contributed by atoms with Gasteiger partial charge >= 0.3 is 0 Å². The van der Waals surface area contributed by atoms with Crippen LogP contribution in [0.1, 0.15) is 42.5 Å². The van der Waals surface area contributed by atoms with Gasteiger partial charge in [0, 0.05) is 17.9 Å². The lowest BCUT2D eigenvalue weighted by atomic mass is 9.93. The standard InChI is InChI=1S/C21H18ClN5O2/c22-15-9-5-4-8-14(15)17-12-16(13-6-2-1-3-7-13)23-20-24-21(25-27(17)20)26-18(28)10-11-19(26)29/h1-9,16-17H,10-12H2,(H,23,24,25)/t16-,17-/m1/s1. The molecule has 8 heteroatoms. The maximum absolute atomic E-state index is 12.2. The van der Waals surface area contributed by atoms with Crippen LogP contribution in [0.3, 0.4) is 0 Å². The Morgan fingerprint density at radius 3 is 2.38 bits per heavy atom. The highest BCUT2D eigenvalue weighted by Gasteiger charge is 2.37. The number of halogens is 1. The molecule has 1 saturated heterocycles. The van der Waals surface area contributed by atoms with Gasteiger partial charge in [-0.15, -0.1) is 5.10 Å². The maximum atomic E-state index is 12.2. The van der Waals surface area contributed by atoms with Crippen molar-refractivity contribution in [3.05, 3.63) is 70.7 Å². The predicted molar refractivity (Wildman–Crippen MR) is 109 cm³/mol. The first-order chi connectivity index (χ1) is 14.1. The zero-order valence-electron chi connectivity index (χ0n) is 15.5. The SMILES string of the molecule is O=C1CCC(=O)N1c1nc2n(n1)[C@@H](c1ccccc1Cl)C[C@H](c1ccccc1)N2. The van der Waals surface area contributed by atoms with Crippen LogP contribution in [0, 0.1) is 0 Å². The van der Waals surface area contributed by atoms with Gasteiger partial charge in [-0.3, -0.25) is 9.59 Å². The Morgan fingerprint density at radius 1 is 0.966 bits per heavy atom. The molecule has 0 spiro atoms. The number of hydrogen-bond acceptors (Lipinski definition) is 5. The molecule has 2 aliphatic rings. The van der Waals surface area contributed by atoms with Gasteiger partial charge < -0.3 is 5.32 Å². The van der Waals surface area contributed by atoms with Crippen LogP contribution in [-0.4, -0.2) is 26.6 Å². The third-order valence-corrected chi connectivity index (χ3v) is 5.74. The molecular formula is C21H18ClN5O2. The van der Waals surface area contributed by atoms with Crippen LogP contribution in [0.2, 0.25) is 5.02 Å². The topological polar surface area (TPSA) is 80.1 Å². The maximum Gasteiger partial charge on any atom is 0.260 e. The summed E-state index contributed by atoms with van der Waals surface area (Å²) >= 11 is 6.50. The molecule has 0 aliphatic carbocycles. The van der Waals surface area contributed by atoms with Crippen molar-refractivity contribution < 1.29 is 9.59 Å². The number of anilines is 2. The molecule has 2 aromatic carbocycles. The van der Waals surface area contributed by atoms with E-state index in [2.05, 4.69) is 27.5 Å². The average Bonchev–Trinajstić information content (AvgIpc) is 3.30. The summed E-state index contributed by atoms with van der Waals surface area (Å²) in [4.78, 5) is 29.9. The Kier molecular flexibility index (Phi) is 4.32. The van der Waals surface area contributed by atoms with Crippen molar-refractivity contribution >= 4 is 35.3 Å². The largest absolute Gasteiger partial charge is 0.347 e. The molecule has 0 bridgehead atoms. The van der Waals surface area contributed by atoms with E-state index in [1.165, 1.54) is 0 Å². The third kappa shape index (κ3) is 3.07. The van der Waals surface area contributed by atoms with E-state index in [1.807, 2.05) is 42.5 Å². The Bertz CT molecular complexity index is 1080. The summed E-state index contributed by atoms with van der Waals surface area (Å²) in [7, 11) is 0. The zero-order chi connectivity index (χ0) is 20.0. The van der Waals surface area contributed by atoms with Gasteiger partial charge in [-0.25, -0.2) is 9.58 Å². The van der Waals surface area contributed by atoms with Gasteiger partial charge in [-0.1, -0.05) is 60.1 Å². The number of aromatic nitrogens is 3. The van der Waals surface area contributed by atoms with Gasteiger partial charge in [0.15, 0.2) is 0 Å². The van der Waals surface area contributed by atoms with Gasteiger partial charge in [0.05, 0.1) is 12.1 Å². The van der Waals surface area contributed by atoms with Gasteiger partial charge in [-0.2, -0.15) is 4.98 Å². The summed E-state index contributed by atoms with van der Waals surface area (Å²) in [6.07, 6.45) is 1.08. The van der Waals surface area contributed by atoms with Gasteiger partial charge in [-0.05, 0) is 23.6 Å². The molecule has 29 heavy (non-hydrogen) atoms. The predicted octanol–water partition coefficient (Wildman–Crippen LogP) is 3.73. The summed E-state index contributed by atoms with van der Waals surface area (Å²) in [6.45, 7) is 0. The number of amides is 2. The smallest absolute Gasteiger partial charge is 0.260 e. The van der Waals surface area contributed by atoms with E-state index in [0.29, 0.717) is 17.4 Å². The molecule has 0 unspecified atom stereocenters. The van der Waals surface area contributed by atoms with Crippen molar-refractivity contribution in [2.45, 2.75) is 31.3 Å². The summed E-state index contributed by atoms with van der Waals surface area (Å²) in [5.41, 5.74) is 2.04. The number of carbonyl (C=O) groups is 2. The minimum absolute atomic E-state index is 0.00740. The number of benzene rings is 2. The molecule has 0 radical (unpaired) electrons. The molecule has 3 aromatic rings. The van der Waals surface area contributed by atoms with Crippen molar-refractivity contribution in [2.75, 3.05) is 10.2 Å². The van der Waals surface area contributed by atoms with Gasteiger partial charge in [0.25, 0.3) is 5.95 Å².